The van der Waals surface area contributed by atoms with Gasteiger partial charge in [0.25, 0.3) is 0 Å². The molecule has 0 bridgehead atoms. The Bertz CT molecular complexity index is 484. The van der Waals surface area contributed by atoms with E-state index in [1.807, 2.05) is 0 Å². The van der Waals surface area contributed by atoms with E-state index >= 15 is 0 Å². The molecule has 0 aromatic rings. The number of rotatable bonds is 3. The second-order valence-corrected chi connectivity index (χ2v) is 4.99. The Kier molecular flexibility index (Phi) is 3.74. The zero-order chi connectivity index (χ0) is 14.0. The molecule has 0 amide bonds. The maximum absolute atomic E-state index is 12.3. The monoisotopic (exact) mass is 263 g/mol. The van der Waals surface area contributed by atoms with E-state index < -0.39 is 11.9 Å². The average Bonchev–Trinajstić information content (AvgIpc) is 2.39. The van der Waals surface area contributed by atoms with Crippen molar-refractivity contribution in [3.63, 3.8) is 0 Å². The molecule has 5 heteroatoms. The van der Waals surface area contributed by atoms with Gasteiger partial charge in [-0.1, -0.05) is 0 Å². The summed E-state index contributed by atoms with van der Waals surface area (Å²) < 4.78 is 16.4. The number of hydrogen-bond donors (Lipinski definition) is 0. The predicted octanol–water partition coefficient (Wildman–Crippen LogP) is 1.71. The molecule has 102 valence electrons. The molecule has 5 nitrogen and oxygen atoms in total. The Morgan fingerprint density at radius 3 is 2.74 bits per heavy atom. The number of nitriles is 1. The molecule has 1 heterocycles. The number of hydrogen-bond acceptors (Lipinski definition) is 5. The minimum Gasteiger partial charge on any atom is -0.485 e. The van der Waals surface area contributed by atoms with E-state index in [9.17, 15) is 4.79 Å². The second-order valence-electron chi connectivity index (χ2n) is 4.99. The fraction of sp³-hybridized carbons (Fsp3) is 0.571. The molecule has 2 rings (SSSR count). The van der Waals surface area contributed by atoms with Crippen molar-refractivity contribution in [3.8, 4) is 6.07 Å². The lowest BCUT2D eigenvalue weighted by atomic mass is 9.81. The number of carbonyl (C=O) groups is 1. The first kappa shape index (κ1) is 13.8. The van der Waals surface area contributed by atoms with E-state index in [2.05, 4.69) is 6.07 Å². The largest absolute Gasteiger partial charge is 0.485 e. The molecular formula is C14H17NO4. The van der Waals surface area contributed by atoms with Gasteiger partial charge in [0.05, 0.1) is 18.4 Å². The minimum atomic E-state index is -0.832. The van der Waals surface area contributed by atoms with Gasteiger partial charge in [-0.3, -0.25) is 4.79 Å². The van der Waals surface area contributed by atoms with Gasteiger partial charge in [0.1, 0.15) is 11.5 Å². The Hall–Kier alpha value is -1.64. The van der Waals surface area contributed by atoms with E-state index in [0.717, 1.165) is 0 Å². The summed E-state index contributed by atoms with van der Waals surface area (Å²) in [6, 6.07) is 2.08. The van der Waals surface area contributed by atoms with Crippen LogP contribution in [0, 0.1) is 17.2 Å². The molecule has 0 aromatic carbocycles. The number of ether oxygens (including phenoxy) is 3. The summed E-state index contributed by atoms with van der Waals surface area (Å²) in [5, 5.41) is 8.89. The molecule has 1 aliphatic heterocycles. The first-order chi connectivity index (χ1) is 9.04. The van der Waals surface area contributed by atoms with Gasteiger partial charge >= 0.3 is 0 Å². The van der Waals surface area contributed by atoms with Crippen molar-refractivity contribution in [1.29, 1.82) is 5.26 Å². The zero-order valence-electron chi connectivity index (χ0n) is 11.3. The Balaban J connectivity index is 2.29. The van der Waals surface area contributed by atoms with Crippen molar-refractivity contribution < 1.29 is 19.0 Å². The van der Waals surface area contributed by atoms with E-state index in [-0.39, 0.29) is 18.1 Å². The second kappa shape index (κ2) is 5.16. The standard InChI is InChI=1S/C14H17NO4/c1-14(13(17-2)18-3)7-11(16)10-6-9(8-15)4-5-12(10)19-14/h4-5,10,13H,6-7H2,1-3H3. The van der Waals surface area contributed by atoms with Gasteiger partial charge in [0.15, 0.2) is 11.9 Å². The summed E-state index contributed by atoms with van der Waals surface area (Å²) >= 11 is 0. The maximum Gasteiger partial charge on any atom is 0.197 e. The molecule has 0 radical (unpaired) electrons. The van der Waals surface area contributed by atoms with Crippen LogP contribution in [0.25, 0.3) is 0 Å². The highest BCUT2D eigenvalue weighted by atomic mass is 16.7. The topological polar surface area (TPSA) is 68.5 Å². The summed E-state index contributed by atoms with van der Waals surface area (Å²) in [5.74, 6) is 0.305. The van der Waals surface area contributed by atoms with E-state index in [1.54, 1.807) is 19.1 Å². The van der Waals surface area contributed by atoms with Crippen LogP contribution in [0.4, 0.5) is 0 Å². The van der Waals surface area contributed by atoms with Crippen LogP contribution in [0.3, 0.4) is 0 Å². The molecular weight excluding hydrogens is 246 g/mol. The van der Waals surface area contributed by atoms with Crippen LogP contribution in [0.2, 0.25) is 0 Å². The fourth-order valence-electron chi connectivity index (χ4n) is 2.65. The van der Waals surface area contributed by atoms with Crippen molar-refractivity contribution in [2.45, 2.75) is 31.7 Å². The summed E-state index contributed by atoms with van der Waals surface area (Å²) in [7, 11) is 3.03. The molecule has 0 spiro atoms. The lowest BCUT2D eigenvalue weighted by molar-refractivity contribution is -0.226. The number of carbonyl (C=O) groups excluding carboxylic acids is 1. The minimum absolute atomic E-state index is 0.0555. The number of Topliss-reactive ketones (excluding diaryl/α,β-unsaturated/α-hetero) is 1. The molecule has 0 saturated carbocycles. The number of ketones is 1. The SMILES string of the molecule is COC(OC)C1(C)CC(=O)C2CC(C#N)=CC=C2O1. The normalized spacial score (nSPS) is 30.1. The molecule has 0 N–H and O–H groups in total. The van der Waals surface area contributed by atoms with Crippen molar-refractivity contribution in [3.05, 3.63) is 23.5 Å². The summed E-state index contributed by atoms with van der Waals surface area (Å²) in [6.07, 6.45) is 3.41. The third-order valence-corrected chi connectivity index (χ3v) is 3.55. The predicted molar refractivity (Wildman–Crippen MR) is 66.8 cm³/mol. The van der Waals surface area contributed by atoms with Crippen LogP contribution in [-0.2, 0) is 19.0 Å². The molecule has 0 aromatic heterocycles. The molecule has 1 saturated heterocycles. The molecule has 2 aliphatic rings. The van der Waals surface area contributed by atoms with Crippen molar-refractivity contribution in [2.24, 2.45) is 5.92 Å². The van der Waals surface area contributed by atoms with Crippen molar-refractivity contribution >= 4 is 5.78 Å². The van der Waals surface area contributed by atoms with Gasteiger partial charge in [-0.25, -0.2) is 0 Å². The van der Waals surface area contributed by atoms with Gasteiger partial charge in [0, 0.05) is 19.8 Å². The molecule has 19 heavy (non-hydrogen) atoms. The maximum atomic E-state index is 12.3. The first-order valence-corrected chi connectivity index (χ1v) is 6.12. The number of nitrogens with zero attached hydrogens (tertiary/aromatic N) is 1. The lowest BCUT2D eigenvalue weighted by Crippen LogP contribution is -2.51. The van der Waals surface area contributed by atoms with E-state index in [0.29, 0.717) is 17.8 Å². The fourth-order valence-corrected chi connectivity index (χ4v) is 2.65. The van der Waals surface area contributed by atoms with E-state index in [1.165, 1.54) is 14.2 Å². The Morgan fingerprint density at radius 1 is 1.47 bits per heavy atom. The highest BCUT2D eigenvalue weighted by Crippen LogP contribution is 2.40. The third kappa shape index (κ3) is 2.42. The summed E-state index contributed by atoms with van der Waals surface area (Å²) in [5.41, 5.74) is -0.231. The highest BCUT2D eigenvalue weighted by molar-refractivity contribution is 5.86. The van der Waals surface area contributed by atoms with Crippen LogP contribution in [0.15, 0.2) is 23.5 Å². The Labute approximate surface area is 112 Å². The Morgan fingerprint density at radius 2 is 2.16 bits per heavy atom. The van der Waals surface area contributed by atoms with Crippen LogP contribution in [0.1, 0.15) is 19.8 Å². The van der Waals surface area contributed by atoms with Gasteiger partial charge in [-0.05, 0) is 25.5 Å². The van der Waals surface area contributed by atoms with Crippen LogP contribution in [0.5, 0.6) is 0 Å². The number of methoxy groups -OCH3 is 2. The summed E-state index contributed by atoms with van der Waals surface area (Å²) in [4.78, 5) is 12.3. The molecule has 2 unspecified atom stereocenters. The third-order valence-electron chi connectivity index (χ3n) is 3.55. The zero-order valence-corrected chi connectivity index (χ0v) is 11.3. The van der Waals surface area contributed by atoms with Gasteiger partial charge < -0.3 is 14.2 Å². The highest BCUT2D eigenvalue weighted by Gasteiger charge is 2.47. The summed E-state index contributed by atoms with van der Waals surface area (Å²) in [6.45, 7) is 1.79. The average molecular weight is 263 g/mol. The smallest absolute Gasteiger partial charge is 0.197 e. The quantitative estimate of drug-likeness (QED) is 0.725. The number of allylic oxidation sites excluding steroid dienone is 4. The molecule has 1 fully saturated rings. The first-order valence-electron chi connectivity index (χ1n) is 6.12. The van der Waals surface area contributed by atoms with Crippen LogP contribution in [-0.4, -0.2) is 31.9 Å². The van der Waals surface area contributed by atoms with E-state index in [4.69, 9.17) is 19.5 Å². The van der Waals surface area contributed by atoms with Gasteiger partial charge in [0.2, 0.25) is 0 Å². The molecule has 2 atom stereocenters. The van der Waals surface area contributed by atoms with Gasteiger partial charge in [-0.2, -0.15) is 5.26 Å². The molecule has 1 aliphatic carbocycles. The van der Waals surface area contributed by atoms with Crippen LogP contribution < -0.4 is 0 Å². The van der Waals surface area contributed by atoms with Crippen molar-refractivity contribution in [2.75, 3.05) is 14.2 Å². The number of fused-ring (bicyclic) bond motifs is 1. The lowest BCUT2D eigenvalue weighted by Gasteiger charge is -2.42. The van der Waals surface area contributed by atoms with Crippen LogP contribution >= 0.6 is 0 Å². The van der Waals surface area contributed by atoms with Crippen molar-refractivity contribution in [1.82, 2.24) is 0 Å². The van der Waals surface area contributed by atoms with Gasteiger partial charge in [-0.15, -0.1) is 0 Å².